The van der Waals surface area contributed by atoms with Crippen LogP contribution in [0.25, 0.3) is 0 Å². The molecule has 9 heteroatoms. The van der Waals surface area contributed by atoms with E-state index in [9.17, 15) is 18.0 Å². The number of rotatable bonds is 6. The van der Waals surface area contributed by atoms with Crippen molar-refractivity contribution in [3.8, 4) is 5.75 Å². The summed E-state index contributed by atoms with van der Waals surface area (Å²) in [6, 6.07) is 4.52. The Bertz CT molecular complexity index is 938. The lowest BCUT2D eigenvalue weighted by molar-refractivity contribution is -0.149. The Morgan fingerprint density at radius 1 is 1.12 bits per heavy atom. The predicted molar refractivity (Wildman–Crippen MR) is 120 cm³/mol. The summed E-state index contributed by atoms with van der Waals surface area (Å²) < 4.78 is 38.9. The first-order valence-electron chi connectivity index (χ1n) is 11.3. The number of nitrogens with zero attached hydrogens (tertiary/aromatic N) is 2. The Hall–Kier alpha value is -2.13. The van der Waals surface area contributed by atoms with Crippen molar-refractivity contribution in [1.82, 2.24) is 9.21 Å². The molecule has 0 radical (unpaired) electrons. The van der Waals surface area contributed by atoms with E-state index in [0.717, 1.165) is 6.42 Å². The molecular formula is C23H34N2O6S. The van der Waals surface area contributed by atoms with Gasteiger partial charge in [0.1, 0.15) is 10.6 Å². The van der Waals surface area contributed by atoms with Gasteiger partial charge in [-0.15, -0.1) is 0 Å². The fraction of sp³-hybridized carbons (Fsp3) is 0.652. The van der Waals surface area contributed by atoms with Crippen molar-refractivity contribution in [2.75, 3.05) is 39.9 Å². The smallest absolute Gasteiger partial charge is 0.310 e. The molecule has 2 heterocycles. The van der Waals surface area contributed by atoms with Gasteiger partial charge in [0.15, 0.2) is 0 Å². The third-order valence-electron chi connectivity index (χ3n) is 6.19. The Kier molecular flexibility index (Phi) is 7.82. The van der Waals surface area contributed by atoms with Crippen LogP contribution >= 0.6 is 0 Å². The van der Waals surface area contributed by atoms with E-state index >= 15 is 0 Å². The summed E-state index contributed by atoms with van der Waals surface area (Å²) >= 11 is 0. The standard InChI is InChI=1S/C23H34N2O6S/c1-5-31-23(27)19-7-6-10-24(15-19)22(26)18-8-9-20(30-4)21(12-18)32(28,29)25-13-16(2)11-17(3)14-25/h8-9,12,16-17,19H,5-7,10-11,13-15H2,1-4H3/t16-,17-,19+/m0/s1. The fourth-order valence-corrected chi connectivity index (χ4v) is 6.61. The number of amides is 1. The third kappa shape index (κ3) is 5.26. The van der Waals surface area contributed by atoms with Crippen LogP contribution in [0.3, 0.4) is 0 Å². The van der Waals surface area contributed by atoms with E-state index in [-0.39, 0.29) is 52.4 Å². The normalized spacial score (nSPS) is 24.8. The molecule has 2 aliphatic rings. The summed E-state index contributed by atoms with van der Waals surface area (Å²) in [5, 5.41) is 0. The Morgan fingerprint density at radius 3 is 2.44 bits per heavy atom. The molecule has 0 bridgehead atoms. The molecule has 32 heavy (non-hydrogen) atoms. The molecule has 0 aromatic heterocycles. The minimum atomic E-state index is -3.83. The van der Waals surface area contributed by atoms with E-state index in [1.54, 1.807) is 17.9 Å². The number of likely N-dealkylation sites (tertiary alicyclic amines) is 1. The maximum atomic E-state index is 13.5. The topological polar surface area (TPSA) is 93.2 Å². The lowest BCUT2D eigenvalue weighted by atomic mass is 9.94. The molecule has 2 aliphatic heterocycles. The molecule has 2 fully saturated rings. The zero-order valence-corrected chi connectivity index (χ0v) is 20.2. The van der Waals surface area contributed by atoms with Gasteiger partial charge in [0.2, 0.25) is 10.0 Å². The zero-order valence-electron chi connectivity index (χ0n) is 19.4. The van der Waals surface area contributed by atoms with Crippen LogP contribution in [0.15, 0.2) is 23.1 Å². The first-order valence-corrected chi connectivity index (χ1v) is 12.8. The van der Waals surface area contributed by atoms with Gasteiger partial charge in [0.25, 0.3) is 5.91 Å². The molecule has 3 atom stereocenters. The Balaban J connectivity index is 1.87. The average molecular weight is 467 g/mol. The van der Waals surface area contributed by atoms with Gasteiger partial charge in [-0.1, -0.05) is 13.8 Å². The number of sulfonamides is 1. The summed E-state index contributed by atoms with van der Waals surface area (Å²) in [6.07, 6.45) is 2.36. The van der Waals surface area contributed by atoms with Crippen LogP contribution in [-0.4, -0.2) is 69.4 Å². The van der Waals surface area contributed by atoms with Gasteiger partial charge < -0.3 is 14.4 Å². The minimum absolute atomic E-state index is 0.00565. The number of ether oxygens (including phenoxy) is 2. The third-order valence-corrected chi connectivity index (χ3v) is 8.05. The van der Waals surface area contributed by atoms with Crippen molar-refractivity contribution in [2.24, 2.45) is 17.8 Å². The maximum Gasteiger partial charge on any atom is 0.310 e. The monoisotopic (exact) mass is 466 g/mol. The van der Waals surface area contributed by atoms with Gasteiger partial charge in [0.05, 0.1) is 19.6 Å². The Labute approximate surface area is 190 Å². The van der Waals surface area contributed by atoms with Crippen LogP contribution < -0.4 is 4.74 Å². The van der Waals surface area contributed by atoms with Crippen molar-refractivity contribution in [3.05, 3.63) is 23.8 Å². The SMILES string of the molecule is CCOC(=O)[C@@H]1CCCN(C(=O)c2ccc(OC)c(S(=O)(=O)N3C[C@@H](C)C[C@H](C)C3)c2)C1. The number of methoxy groups -OCH3 is 1. The molecule has 0 N–H and O–H groups in total. The number of piperidine rings is 2. The summed E-state index contributed by atoms with van der Waals surface area (Å²) in [5.41, 5.74) is 0.270. The second kappa shape index (κ2) is 10.2. The number of hydrogen-bond acceptors (Lipinski definition) is 6. The second-order valence-corrected chi connectivity index (χ2v) is 10.9. The second-order valence-electron chi connectivity index (χ2n) is 8.98. The molecule has 0 unspecified atom stereocenters. The molecule has 1 aromatic rings. The molecule has 1 amide bonds. The number of benzene rings is 1. The summed E-state index contributed by atoms with van der Waals surface area (Å²) in [4.78, 5) is 27.0. The molecule has 0 aliphatic carbocycles. The highest BCUT2D eigenvalue weighted by Crippen LogP contribution is 2.32. The van der Waals surface area contributed by atoms with Crippen molar-refractivity contribution < 1.29 is 27.5 Å². The van der Waals surface area contributed by atoms with E-state index in [1.807, 2.05) is 13.8 Å². The molecule has 0 saturated carbocycles. The van der Waals surface area contributed by atoms with Crippen molar-refractivity contribution in [1.29, 1.82) is 0 Å². The molecule has 1 aromatic carbocycles. The van der Waals surface area contributed by atoms with Crippen molar-refractivity contribution >= 4 is 21.9 Å². The zero-order chi connectivity index (χ0) is 23.5. The van der Waals surface area contributed by atoms with Gasteiger partial charge in [-0.2, -0.15) is 4.31 Å². The first kappa shape index (κ1) is 24.5. The van der Waals surface area contributed by atoms with Crippen LogP contribution in [-0.2, 0) is 19.6 Å². The lowest BCUT2D eigenvalue weighted by Crippen LogP contribution is -2.43. The molecule has 8 nitrogen and oxygen atoms in total. The summed E-state index contributed by atoms with van der Waals surface area (Å²) in [5.74, 6) is -0.203. The van der Waals surface area contributed by atoms with Crippen LogP contribution in [0.5, 0.6) is 5.75 Å². The van der Waals surface area contributed by atoms with Crippen LogP contribution in [0, 0.1) is 17.8 Å². The summed E-state index contributed by atoms with van der Waals surface area (Å²) in [7, 11) is -2.40. The lowest BCUT2D eigenvalue weighted by Gasteiger charge is -2.34. The highest BCUT2D eigenvalue weighted by Gasteiger charge is 2.35. The quantitative estimate of drug-likeness (QED) is 0.599. The fourth-order valence-electron chi connectivity index (χ4n) is 4.75. The highest BCUT2D eigenvalue weighted by molar-refractivity contribution is 7.89. The van der Waals surface area contributed by atoms with Gasteiger partial charge in [-0.05, 0) is 56.2 Å². The first-order chi connectivity index (χ1) is 15.2. The van der Waals surface area contributed by atoms with Crippen molar-refractivity contribution in [2.45, 2.75) is 44.9 Å². The molecule has 0 spiro atoms. The predicted octanol–water partition coefficient (Wildman–Crippen LogP) is 2.78. The molecule has 2 saturated heterocycles. The molecule has 3 rings (SSSR count). The van der Waals surface area contributed by atoms with Gasteiger partial charge >= 0.3 is 5.97 Å². The largest absolute Gasteiger partial charge is 0.495 e. The number of carbonyl (C=O) groups is 2. The van der Waals surface area contributed by atoms with Gasteiger partial charge in [0, 0.05) is 31.7 Å². The highest BCUT2D eigenvalue weighted by atomic mass is 32.2. The van der Waals surface area contributed by atoms with E-state index in [1.165, 1.54) is 23.5 Å². The molecule has 178 valence electrons. The number of carbonyl (C=O) groups excluding carboxylic acids is 2. The van der Waals surface area contributed by atoms with E-state index in [4.69, 9.17) is 9.47 Å². The van der Waals surface area contributed by atoms with Crippen LogP contribution in [0.4, 0.5) is 0 Å². The molecular weight excluding hydrogens is 432 g/mol. The summed E-state index contributed by atoms with van der Waals surface area (Å²) in [6.45, 7) is 7.83. The minimum Gasteiger partial charge on any atom is -0.495 e. The maximum absolute atomic E-state index is 13.5. The van der Waals surface area contributed by atoms with E-state index in [2.05, 4.69) is 0 Å². The van der Waals surface area contributed by atoms with E-state index in [0.29, 0.717) is 39.1 Å². The van der Waals surface area contributed by atoms with Crippen molar-refractivity contribution in [3.63, 3.8) is 0 Å². The van der Waals surface area contributed by atoms with Gasteiger partial charge in [-0.25, -0.2) is 8.42 Å². The number of hydrogen-bond donors (Lipinski definition) is 0. The Morgan fingerprint density at radius 2 is 1.81 bits per heavy atom. The average Bonchev–Trinajstić information content (AvgIpc) is 2.77. The van der Waals surface area contributed by atoms with E-state index < -0.39 is 10.0 Å². The van der Waals surface area contributed by atoms with Gasteiger partial charge in [-0.3, -0.25) is 9.59 Å². The van der Waals surface area contributed by atoms with Crippen LogP contribution in [0.1, 0.15) is 50.4 Å². The number of esters is 1. The van der Waals surface area contributed by atoms with Crippen LogP contribution in [0.2, 0.25) is 0 Å².